The molecule has 6 nitrogen and oxygen atoms in total. The van der Waals surface area contributed by atoms with Gasteiger partial charge in [0, 0.05) is 25.7 Å². The number of nitrogens with zero attached hydrogens (tertiary/aromatic N) is 3. The van der Waals surface area contributed by atoms with Crippen LogP contribution in [0, 0.1) is 11.8 Å². The van der Waals surface area contributed by atoms with Crippen LogP contribution in [0.5, 0.6) is 0 Å². The van der Waals surface area contributed by atoms with Gasteiger partial charge in [0.05, 0.1) is 19.1 Å². The van der Waals surface area contributed by atoms with Gasteiger partial charge in [0.15, 0.2) is 5.90 Å². The maximum absolute atomic E-state index is 9.37. The highest BCUT2D eigenvalue weighted by Gasteiger charge is 2.44. The minimum absolute atomic E-state index is 0.213. The Bertz CT molecular complexity index is 681. The van der Waals surface area contributed by atoms with Crippen LogP contribution in [0.1, 0.15) is 51.4 Å². The van der Waals surface area contributed by atoms with Gasteiger partial charge in [-0.3, -0.25) is 9.89 Å². The number of aliphatic hydroxyl groups excluding tert-OH is 1. The summed E-state index contributed by atoms with van der Waals surface area (Å²) in [5, 5.41) is 9.58. The number of allylic oxidation sites excluding steroid dienone is 1. The van der Waals surface area contributed by atoms with Crippen LogP contribution < -0.4 is 0 Å². The lowest BCUT2D eigenvalue weighted by Gasteiger charge is -2.39. The van der Waals surface area contributed by atoms with Crippen molar-refractivity contribution in [1.82, 2.24) is 4.90 Å². The number of aliphatic imine (C=N–C) groups is 2. The highest BCUT2D eigenvalue weighted by atomic mass is 32.2. The smallest absolute Gasteiger partial charge is 0.200 e. The Morgan fingerprint density at radius 2 is 2.00 bits per heavy atom. The number of rotatable bonds is 4. The zero-order valence-corrected chi connectivity index (χ0v) is 18.0. The molecule has 5 rings (SSSR count). The molecule has 0 aromatic carbocycles. The van der Waals surface area contributed by atoms with E-state index in [1.807, 2.05) is 11.8 Å². The second kappa shape index (κ2) is 9.08. The van der Waals surface area contributed by atoms with E-state index < -0.39 is 0 Å². The minimum atomic E-state index is 0.213. The lowest BCUT2D eigenvalue weighted by molar-refractivity contribution is -0.00270. The molecule has 0 amide bonds. The molecule has 0 radical (unpaired) electrons. The quantitative estimate of drug-likeness (QED) is 0.758. The van der Waals surface area contributed by atoms with Gasteiger partial charge in [0.2, 0.25) is 0 Å². The SMILES string of the molecule is OCCC1CCC2=C(C1)C1C(OC3CCC(N4CCOCC4)CC3)=NC=NC1S2. The van der Waals surface area contributed by atoms with Gasteiger partial charge in [-0.1, -0.05) is 0 Å². The van der Waals surface area contributed by atoms with Crippen molar-refractivity contribution in [3.05, 3.63) is 10.5 Å². The Labute approximate surface area is 177 Å². The van der Waals surface area contributed by atoms with Crippen molar-refractivity contribution in [2.45, 2.75) is 68.9 Å². The first kappa shape index (κ1) is 20.0. The van der Waals surface area contributed by atoms with Crippen molar-refractivity contribution in [3.63, 3.8) is 0 Å². The maximum Gasteiger partial charge on any atom is 0.200 e. The third-order valence-corrected chi connectivity index (χ3v) is 8.65. The minimum Gasteiger partial charge on any atom is -0.477 e. The van der Waals surface area contributed by atoms with Gasteiger partial charge in [-0.15, -0.1) is 11.8 Å². The molecule has 0 bridgehead atoms. The first-order chi connectivity index (χ1) is 14.3. The summed E-state index contributed by atoms with van der Waals surface area (Å²) in [6.07, 6.45) is 10.9. The first-order valence-corrected chi connectivity index (χ1v) is 12.3. The molecule has 160 valence electrons. The zero-order chi connectivity index (χ0) is 19.6. The Kier molecular flexibility index (Phi) is 6.28. The van der Waals surface area contributed by atoms with Crippen molar-refractivity contribution in [3.8, 4) is 0 Å². The fourth-order valence-electron chi connectivity index (χ4n) is 5.64. The number of aliphatic hydroxyl groups is 1. The summed E-state index contributed by atoms with van der Waals surface area (Å²) < 4.78 is 12.0. The van der Waals surface area contributed by atoms with Crippen LogP contribution in [0.15, 0.2) is 20.5 Å². The van der Waals surface area contributed by atoms with Crippen LogP contribution in [0.2, 0.25) is 0 Å². The normalized spacial score (nSPS) is 37.8. The van der Waals surface area contributed by atoms with E-state index in [0.717, 1.165) is 64.3 Å². The third kappa shape index (κ3) is 4.29. The summed E-state index contributed by atoms with van der Waals surface area (Å²) >= 11 is 1.92. The summed E-state index contributed by atoms with van der Waals surface area (Å²) in [4.78, 5) is 13.4. The molecule has 2 fully saturated rings. The number of thioether (sulfide) groups is 1. The van der Waals surface area contributed by atoms with Crippen LogP contribution in [0.3, 0.4) is 0 Å². The molecule has 1 N–H and O–H groups in total. The molecule has 3 atom stereocenters. The molecule has 1 saturated carbocycles. The second-order valence-corrected chi connectivity index (χ2v) is 10.2. The molecule has 3 unspecified atom stereocenters. The molecule has 3 aliphatic heterocycles. The fraction of sp³-hybridized carbons (Fsp3) is 0.818. The van der Waals surface area contributed by atoms with Gasteiger partial charge in [0.1, 0.15) is 17.8 Å². The van der Waals surface area contributed by atoms with E-state index in [1.54, 1.807) is 6.34 Å². The summed E-state index contributed by atoms with van der Waals surface area (Å²) in [7, 11) is 0. The summed E-state index contributed by atoms with van der Waals surface area (Å²) in [5.74, 6) is 1.72. The lowest BCUT2D eigenvalue weighted by Crippen LogP contribution is -2.46. The van der Waals surface area contributed by atoms with Gasteiger partial charge < -0.3 is 14.6 Å². The van der Waals surface area contributed by atoms with Gasteiger partial charge in [-0.05, 0) is 67.8 Å². The number of fused-ring (bicyclic) bond motifs is 2. The number of morpholine rings is 1. The summed E-state index contributed by atoms with van der Waals surface area (Å²) in [6.45, 7) is 4.19. The molecule has 7 heteroatoms. The van der Waals surface area contributed by atoms with Crippen LogP contribution >= 0.6 is 11.8 Å². The van der Waals surface area contributed by atoms with E-state index >= 15 is 0 Å². The lowest BCUT2D eigenvalue weighted by atomic mass is 9.81. The number of hydrogen-bond donors (Lipinski definition) is 1. The van der Waals surface area contributed by atoms with E-state index in [2.05, 4.69) is 14.9 Å². The Morgan fingerprint density at radius 1 is 1.17 bits per heavy atom. The zero-order valence-electron chi connectivity index (χ0n) is 17.2. The molecule has 0 spiro atoms. The van der Waals surface area contributed by atoms with E-state index in [-0.39, 0.29) is 24.0 Å². The van der Waals surface area contributed by atoms with Crippen LogP contribution in [0.25, 0.3) is 0 Å². The van der Waals surface area contributed by atoms with Crippen LogP contribution in [-0.2, 0) is 9.47 Å². The van der Waals surface area contributed by atoms with Crippen LogP contribution in [-0.4, -0.2) is 72.7 Å². The summed E-state index contributed by atoms with van der Waals surface area (Å²) in [6, 6.07) is 0.690. The van der Waals surface area contributed by atoms with Gasteiger partial charge in [-0.2, -0.15) is 0 Å². The molecule has 0 aromatic heterocycles. The average molecular weight is 420 g/mol. The Hall–Kier alpha value is -0.890. The third-order valence-electron chi connectivity index (χ3n) is 7.27. The van der Waals surface area contributed by atoms with Crippen LogP contribution in [0.4, 0.5) is 0 Å². The van der Waals surface area contributed by atoms with Crippen molar-refractivity contribution in [2.24, 2.45) is 21.8 Å². The van der Waals surface area contributed by atoms with Gasteiger partial charge in [0.25, 0.3) is 0 Å². The Balaban J connectivity index is 1.21. The maximum atomic E-state index is 9.37. The predicted molar refractivity (Wildman–Crippen MR) is 116 cm³/mol. The van der Waals surface area contributed by atoms with E-state index in [1.165, 1.54) is 29.7 Å². The van der Waals surface area contributed by atoms with Gasteiger partial charge in [-0.25, -0.2) is 4.99 Å². The Morgan fingerprint density at radius 3 is 2.79 bits per heavy atom. The molecule has 3 heterocycles. The first-order valence-electron chi connectivity index (χ1n) is 11.4. The topological polar surface area (TPSA) is 66.7 Å². The highest BCUT2D eigenvalue weighted by molar-refractivity contribution is 8.04. The van der Waals surface area contributed by atoms with E-state index in [9.17, 15) is 5.11 Å². The average Bonchev–Trinajstić information content (AvgIpc) is 3.14. The number of hydrogen-bond acceptors (Lipinski definition) is 7. The summed E-state index contributed by atoms with van der Waals surface area (Å²) in [5.41, 5.74) is 1.50. The molecular weight excluding hydrogens is 386 g/mol. The van der Waals surface area contributed by atoms with Crippen molar-refractivity contribution >= 4 is 24.0 Å². The molecule has 2 aliphatic carbocycles. The molecule has 5 aliphatic rings. The molecule has 29 heavy (non-hydrogen) atoms. The van der Waals surface area contributed by atoms with E-state index in [0.29, 0.717) is 12.0 Å². The standard InChI is InChI=1S/C22H33N3O3S/c26-10-7-15-1-6-19-18(13-15)20-21(23-14-24-22(20)29-19)28-17-4-2-16(3-5-17)25-8-11-27-12-9-25/h14-17,20,22,26H,1-13H2. The van der Waals surface area contributed by atoms with Crippen molar-refractivity contribution in [2.75, 3.05) is 32.9 Å². The predicted octanol–water partition coefficient (Wildman–Crippen LogP) is 3.21. The van der Waals surface area contributed by atoms with E-state index in [4.69, 9.17) is 9.47 Å². The largest absolute Gasteiger partial charge is 0.477 e. The van der Waals surface area contributed by atoms with Crippen molar-refractivity contribution < 1.29 is 14.6 Å². The fourth-order valence-corrected chi connectivity index (χ4v) is 7.06. The monoisotopic (exact) mass is 419 g/mol. The van der Waals surface area contributed by atoms with Gasteiger partial charge >= 0.3 is 0 Å². The molecule has 1 saturated heterocycles. The molecule has 0 aromatic rings. The van der Waals surface area contributed by atoms with Crippen molar-refractivity contribution in [1.29, 1.82) is 0 Å². The number of ether oxygens (including phenoxy) is 2. The highest BCUT2D eigenvalue weighted by Crippen LogP contribution is 2.52. The molecular formula is C22H33N3O3S. The second-order valence-electron chi connectivity index (χ2n) is 8.98.